The van der Waals surface area contributed by atoms with Crippen LogP contribution in [0.2, 0.25) is 0 Å². The molecule has 2 aromatic carbocycles. The Morgan fingerprint density at radius 1 is 1.25 bits per heavy atom. The minimum Gasteiger partial charge on any atom is -0.481 e. The molecule has 0 bridgehead atoms. The lowest BCUT2D eigenvalue weighted by Gasteiger charge is -2.12. The molecular weight excluding hydrogens is 435 g/mol. The fourth-order valence-electron chi connectivity index (χ4n) is 2.57. The van der Waals surface area contributed by atoms with E-state index >= 15 is 0 Å². The summed E-state index contributed by atoms with van der Waals surface area (Å²) in [4.78, 5) is 36.4. The lowest BCUT2D eigenvalue weighted by Crippen LogP contribution is -2.30. The van der Waals surface area contributed by atoms with E-state index in [9.17, 15) is 18.8 Å². The number of hydrogen-bond acceptors (Lipinski definition) is 4. The molecule has 3 rings (SSSR count). The van der Waals surface area contributed by atoms with Crippen molar-refractivity contribution < 1.29 is 28.6 Å². The zero-order chi connectivity index (χ0) is 20.3. The number of halogens is 2. The van der Waals surface area contributed by atoms with Crippen LogP contribution in [0.1, 0.15) is 11.1 Å². The molecule has 144 valence electrons. The van der Waals surface area contributed by atoms with Gasteiger partial charge in [-0.25, -0.2) is 14.0 Å². The molecule has 1 heterocycles. The number of hydrogen-bond donors (Lipinski definition) is 2. The molecule has 1 fully saturated rings. The van der Waals surface area contributed by atoms with Gasteiger partial charge in [-0.2, -0.15) is 0 Å². The van der Waals surface area contributed by atoms with Gasteiger partial charge >= 0.3 is 12.0 Å². The predicted octanol–water partition coefficient (Wildman–Crippen LogP) is 3.14. The molecule has 1 aliphatic rings. The first-order valence-electron chi connectivity index (χ1n) is 8.07. The highest BCUT2D eigenvalue weighted by Crippen LogP contribution is 2.27. The highest BCUT2D eigenvalue weighted by molar-refractivity contribution is 9.10. The van der Waals surface area contributed by atoms with Crippen LogP contribution in [0.3, 0.4) is 0 Å². The number of carbonyl (C=O) groups is 3. The minimum absolute atomic E-state index is 0.0281. The van der Waals surface area contributed by atoms with E-state index in [0.29, 0.717) is 10.0 Å². The van der Waals surface area contributed by atoms with Gasteiger partial charge in [0.2, 0.25) is 0 Å². The second-order valence-corrected chi connectivity index (χ2v) is 6.75. The van der Waals surface area contributed by atoms with Gasteiger partial charge in [-0.3, -0.25) is 9.69 Å². The van der Waals surface area contributed by atoms with Crippen LogP contribution in [0.4, 0.5) is 9.18 Å². The average Bonchev–Trinajstić information content (AvgIpc) is 2.90. The van der Waals surface area contributed by atoms with Gasteiger partial charge in [0.05, 0.1) is 6.54 Å². The first kappa shape index (κ1) is 19.6. The van der Waals surface area contributed by atoms with Crippen LogP contribution < -0.4 is 10.1 Å². The second kappa shape index (κ2) is 8.22. The van der Waals surface area contributed by atoms with Crippen LogP contribution in [0.25, 0.3) is 6.08 Å². The molecule has 2 N–H and O–H groups in total. The maximum atomic E-state index is 13.8. The largest absolute Gasteiger partial charge is 0.481 e. The number of aliphatic carboxylic acids is 1. The quantitative estimate of drug-likeness (QED) is 0.522. The van der Waals surface area contributed by atoms with Gasteiger partial charge in [-0.1, -0.05) is 34.1 Å². The average molecular weight is 449 g/mol. The number of amides is 3. The summed E-state index contributed by atoms with van der Waals surface area (Å²) in [5, 5.41) is 11.2. The molecule has 0 unspecified atom stereocenters. The van der Waals surface area contributed by atoms with E-state index in [4.69, 9.17) is 9.84 Å². The van der Waals surface area contributed by atoms with Crippen molar-refractivity contribution in [1.82, 2.24) is 10.2 Å². The second-order valence-electron chi connectivity index (χ2n) is 5.84. The fourth-order valence-corrected chi connectivity index (χ4v) is 2.95. The molecule has 28 heavy (non-hydrogen) atoms. The minimum atomic E-state index is -1.15. The molecule has 7 nitrogen and oxygen atoms in total. The third-order valence-electron chi connectivity index (χ3n) is 3.87. The number of rotatable bonds is 6. The van der Waals surface area contributed by atoms with E-state index in [1.807, 2.05) is 0 Å². The summed E-state index contributed by atoms with van der Waals surface area (Å²) in [5.74, 6) is -2.06. The van der Waals surface area contributed by atoms with Crippen LogP contribution >= 0.6 is 15.9 Å². The third kappa shape index (κ3) is 4.37. The normalized spacial score (nSPS) is 15.1. The molecule has 0 aliphatic carbocycles. The zero-order valence-electron chi connectivity index (χ0n) is 14.3. The van der Waals surface area contributed by atoms with Crippen LogP contribution in [0, 0.1) is 5.82 Å². The topological polar surface area (TPSA) is 95.9 Å². The van der Waals surface area contributed by atoms with Crippen LogP contribution in [-0.4, -0.2) is 34.5 Å². The summed E-state index contributed by atoms with van der Waals surface area (Å²) in [6.07, 6.45) is 1.38. The van der Waals surface area contributed by atoms with Crippen LogP contribution in [-0.2, 0) is 16.1 Å². The summed E-state index contributed by atoms with van der Waals surface area (Å²) < 4.78 is 19.7. The Hall–Kier alpha value is -3.20. The summed E-state index contributed by atoms with van der Waals surface area (Å²) in [6.45, 7) is -0.771. The summed E-state index contributed by atoms with van der Waals surface area (Å²) in [5.41, 5.74) is 0.576. The SMILES string of the molecule is O=C(O)COc1ccc(Br)cc1C=C1NC(=O)N(Cc2ccccc2F)C1=O. The number of imide groups is 1. The highest BCUT2D eigenvalue weighted by Gasteiger charge is 2.34. The third-order valence-corrected chi connectivity index (χ3v) is 4.36. The molecule has 1 saturated heterocycles. The summed E-state index contributed by atoms with van der Waals surface area (Å²) in [7, 11) is 0. The molecular formula is C19H14BrFN2O5. The van der Waals surface area contributed by atoms with E-state index in [0.717, 1.165) is 4.90 Å². The Morgan fingerprint density at radius 2 is 2.00 bits per heavy atom. The molecule has 2 aromatic rings. The Labute approximate surface area is 167 Å². The molecule has 1 aliphatic heterocycles. The summed E-state index contributed by atoms with van der Waals surface area (Å²) in [6, 6.07) is 9.99. The van der Waals surface area contributed by atoms with Crippen molar-refractivity contribution in [2.45, 2.75) is 6.54 Å². The van der Waals surface area contributed by atoms with Crippen molar-refractivity contribution in [1.29, 1.82) is 0 Å². The van der Waals surface area contributed by atoms with E-state index in [1.165, 1.54) is 30.3 Å². The number of nitrogens with one attached hydrogen (secondary N) is 1. The van der Waals surface area contributed by atoms with Gasteiger partial charge in [-0.05, 0) is 30.3 Å². The van der Waals surface area contributed by atoms with Crippen molar-refractivity contribution >= 4 is 39.9 Å². The smallest absolute Gasteiger partial charge is 0.341 e. The van der Waals surface area contributed by atoms with E-state index in [-0.39, 0.29) is 23.6 Å². The van der Waals surface area contributed by atoms with E-state index < -0.39 is 30.3 Å². The predicted molar refractivity (Wildman–Crippen MR) is 101 cm³/mol. The van der Waals surface area contributed by atoms with Crippen LogP contribution in [0.15, 0.2) is 52.6 Å². The fraction of sp³-hybridized carbons (Fsp3) is 0.105. The number of carboxylic acid groups (broad SMARTS) is 1. The molecule has 3 amide bonds. The van der Waals surface area contributed by atoms with Gasteiger partial charge in [0.25, 0.3) is 5.91 Å². The monoisotopic (exact) mass is 448 g/mol. The first-order chi connectivity index (χ1) is 13.3. The number of carboxylic acids is 1. The van der Waals surface area contributed by atoms with Crippen molar-refractivity contribution in [3.8, 4) is 5.75 Å². The van der Waals surface area contributed by atoms with Gasteiger partial charge in [0.1, 0.15) is 17.3 Å². The molecule has 0 radical (unpaired) electrons. The number of ether oxygens (including phenoxy) is 1. The highest BCUT2D eigenvalue weighted by atomic mass is 79.9. The number of urea groups is 1. The standard InChI is InChI=1S/C19H14BrFN2O5/c20-13-5-6-16(28-10-17(24)25)12(7-13)8-15-18(26)23(19(27)22-15)9-11-3-1-2-4-14(11)21/h1-8H,9-10H2,(H,22,27)(H,24,25). The van der Waals surface area contributed by atoms with E-state index in [2.05, 4.69) is 21.2 Å². The maximum absolute atomic E-state index is 13.8. The molecule has 0 spiro atoms. The van der Waals surface area contributed by atoms with E-state index in [1.54, 1.807) is 18.2 Å². The van der Waals surface area contributed by atoms with Crippen molar-refractivity contribution in [3.63, 3.8) is 0 Å². The lowest BCUT2D eigenvalue weighted by molar-refractivity contribution is -0.139. The summed E-state index contributed by atoms with van der Waals surface area (Å²) >= 11 is 3.29. The number of carbonyl (C=O) groups excluding carboxylic acids is 2. The van der Waals surface area contributed by atoms with Gasteiger partial charge in [0, 0.05) is 15.6 Å². The van der Waals surface area contributed by atoms with Crippen molar-refractivity contribution in [2.24, 2.45) is 0 Å². The van der Waals surface area contributed by atoms with Crippen LogP contribution in [0.5, 0.6) is 5.75 Å². The molecule has 0 atom stereocenters. The molecule has 0 saturated carbocycles. The van der Waals surface area contributed by atoms with Gasteiger partial charge in [0.15, 0.2) is 6.61 Å². The number of benzene rings is 2. The molecule has 0 aromatic heterocycles. The maximum Gasteiger partial charge on any atom is 0.341 e. The Balaban J connectivity index is 1.86. The van der Waals surface area contributed by atoms with Gasteiger partial charge in [-0.15, -0.1) is 0 Å². The van der Waals surface area contributed by atoms with Gasteiger partial charge < -0.3 is 15.2 Å². The Kier molecular flexibility index (Phi) is 5.74. The number of nitrogens with zero attached hydrogens (tertiary/aromatic N) is 1. The zero-order valence-corrected chi connectivity index (χ0v) is 15.9. The Bertz CT molecular complexity index is 992. The lowest BCUT2D eigenvalue weighted by atomic mass is 10.1. The first-order valence-corrected chi connectivity index (χ1v) is 8.86. The van der Waals surface area contributed by atoms with Crippen molar-refractivity contribution in [3.05, 3.63) is 69.6 Å². The molecule has 9 heteroatoms. The Morgan fingerprint density at radius 3 is 2.71 bits per heavy atom. The van der Waals surface area contributed by atoms with Crippen molar-refractivity contribution in [2.75, 3.05) is 6.61 Å².